The van der Waals surface area contributed by atoms with Gasteiger partial charge in [-0.2, -0.15) is 0 Å². The van der Waals surface area contributed by atoms with Crippen LogP contribution in [0.15, 0.2) is 41.8 Å². The lowest BCUT2D eigenvalue weighted by Gasteiger charge is -2.42. The number of nitrogens with zero attached hydrogens (tertiary/aromatic N) is 1. The van der Waals surface area contributed by atoms with E-state index < -0.39 is 0 Å². The molecule has 1 aromatic heterocycles. The molecule has 0 saturated carbocycles. The zero-order valence-corrected chi connectivity index (χ0v) is 14.4. The van der Waals surface area contributed by atoms with Gasteiger partial charge in [-0.15, -0.1) is 11.3 Å². The molecule has 2 nitrogen and oxygen atoms in total. The summed E-state index contributed by atoms with van der Waals surface area (Å²) in [6, 6.07) is 12.7. The molecule has 114 valence electrons. The van der Waals surface area contributed by atoms with E-state index in [-0.39, 0.29) is 5.54 Å². The van der Waals surface area contributed by atoms with Gasteiger partial charge in [0.2, 0.25) is 0 Å². The lowest BCUT2D eigenvalue weighted by atomic mass is 9.90. The van der Waals surface area contributed by atoms with E-state index >= 15 is 0 Å². The first-order chi connectivity index (χ1) is 9.96. The summed E-state index contributed by atoms with van der Waals surface area (Å²) in [5.41, 5.74) is 7.29. The Labute approximate surface area is 136 Å². The van der Waals surface area contributed by atoms with E-state index in [1.165, 1.54) is 10.4 Å². The Bertz CT molecular complexity index is 553. The van der Waals surface area contributed by atoms with Crippen LogP contribution in [0.4, 0.5) is 0 Å². The third-order valence-electron chi connectivity index (χ3n) is 4.33. The number of likely N-dealkylation sites (N-methyl/N-ethyl adjacent to an activating group) is 1. The molecule has 0 spiro atoms. The minimum Gasteiger partial charge on any atom is -0.329 e. The Balaban J connectivity index is 2.17. The Hall–Kier alpha value is -0.870. The lowest BCUT2D eigenvalue weighted by Crippen LogP contribution is -2.52. The van der Waals surface area contributed by atoms with E-state index in [2.05, 4.69) is 55.4 Å². The summed E-state index contributed by atoms with van der Waals surface area (Å²) >= 11 is 7.76. The maximum absolute atomic E-state index is 6.11. The molecule has 2 unspecified atom stereocenters. The van der Waals surface area contributed by atoms with Gasteiger partial charge >= 0.3 is 0 Å². The normalized spacial score (nSPS) is 15.9. The molecule has 0 saturated heterocycles. The summed E-state index contributed by atoms with van der Waals surface area (Å²) in [5.74, 6) is 0. The molecule has 0 amide bonds. The minimum absolute atomic E-state index is 0.0861. The highest BCUT2D eigenvalue weighted by atomic mass is 35.5. The summed E-state index contributed by atoms with van der Waals surface area (Å²) in [6.45, 7) is 5.08. The topological polar surface area (TPSA) is 29.3 Å². The molecule has 2 aromatic rings. The molecule has 1 heterocycles. The highest BCUT2D eigenvalue weighted by Crippen LogP contribution is 2.31. The van der Waals surface area contributed by atoms with Gasteiger partial charge in [-0.25, -0.2) is 0 Å². The molecule has 2 atom stereocenters. The van der Waals surface area contributed by atoms with Crippen molar-refractivity contribution in [1.82, 2.24) is 4.90 Å². The summed E-state index contributed by atoms with van der Waals surface area (Å²) in [7, 11) is 2.16. The van der Waals surface area contributed by atoms with Crippen molar-refractivity contribution in [3.05, 3.63) is 57.2 Å². The van der Waals surface area contributed by atoms with E-state index in [1.807, 2.05) is 12.1 Å². The van der Waals surface area contributed by atoms with E-state index in [0.29, 0.717) is 12.6 Å². The molecule has 0 bridgehead atoms. The van der Waals surface area contributed by atoms with E-state index in [4.69, 9.17) is 17.3 Å². The number of benzene rings is 1. The summed E-state index contributed by atoms with van der Waals surface area (Å²) in [5, 5.41) is 2.90. The van der Waals surface area contributed by atoms with Crippen LogP contribution in [0.5, 0.6) is 0 Å². The molecular weight excluding hydrogens is 300 g/mol. The largest absolute Gasteiger partial charge is 0.329 e. The highest BCUT2D eigenvalue weighted by Gasteiger charge is 2.32. The predicted molar refractivity (Wildman–Crippen MR) is 93.1 cm³/mol. The molecule has 0 aliphatic heterocycles. The van der Waals surface area contributed by atoms with E-state index in [1.54, 1.807) is 11.3 Å². The zero-order valence-electron chi connectivity index (χ0n) is 12.8. The van der Waals surface area contributed by atoms with Gasteiger partial charge in [0.25, 0.3) is 0 Å². The minimum atomic E-state index is -0.0861. The standard InChI is InChI=1S/C17H23ClN2S/c1-13(16-5-4-10-21-16)20(3)17(2,12-19)11-14-6-8-15(18)9-7-14/h4-10,13H,11-12,19H2,1-3H3. The average Bonchev–Trinajstić information content (AvgIpc) is 3.02. The fourth-order valence-electron chi connectivity index (χ4n) is 2.57. The van der Waals surface area contributed by atoms with E-state index in [0.717, 1.165) is 11.4 Å². The maximum atomic E-state index is 6.11. The molecular formula is C17H23ClN2S. The molecule has 21 heavy (non-hydrogen) atoms. The van der Waals surface area contributed by atoms with Crippen LogP contribution in [-0.2, 0) is 6.42 Å². The summed E-state index contributed by atoms with van der Waals surface area (Å²) < 4.78 is 0. The Morgan fingerprint density at radius 2 is 1.95 bits per heavy atom. The molecule has 4 heteroatoms. The number of thiophene rings is 1. The van der Waals surface area contributed by atoms with Crippen molar-refractivity contribution in [3.8, 4) is 0 Å². The van der Waals surface area contributed by atoms with Crippen molar-refractivity contribution in [3.63, 3.8) is 0 Å². The average molecular weight is 323 g/mol. The lowest BCUT2D eigenvalue weighted by molar-refractivity contribution is 0.102. The monoisotopic (exact) mass is 322 g/mol. The number of hydrogen-bond acceptors (Lipinski definition) is 3. The molecule has 0 aliphatic rings. The first-order valence-corrected chi connectivity index (χ1v) is 8.43. The highest BCUT2D eigenvalue weighted by molar-refractivity contribution is 7.10. The SMILES string of the molecule is CC(c1cccs1)N(C)C(C)(CN)Cc1ccc(Cl)cc1. The molecule has 1 aromatic carbocycles. The zero-order chi connectivity index (χ0) is 15.5. The van der Waals surface area contributed by atoms with Crippen LogP contribution >= 0.6 is 22.9 Å². The van der Waals surface area contributed by atoms with E-state index in [9.17, 15) is 0 Å². The van der Waals surface area contributed by atoms with Gasteiger partial charge in [-0.05, 0) is 56.5 Å². The third-order valence-corrected chi connectivity index (χ3v) is 5.62. The summed E-state index contributed by atoms with van der Waals surface area (Å²) in [4.78, 5) is 3.75. The fourth-order valence-corrected chi connectivity index (χ4v) is 3.52. The number of hydrogen-bond donors (Lipinski definition) is 1. The molecule has 2 rings (SSSR count). The Morgan fingerprint density at radius 1 is 1.29 bits per heavy atom. The van der Waals surface area contributed by atoms with Crippen LogP contribution in [0.3, 0.4) is 0 Å². The molecule has 0 radical (unpaired) electrons. The molecule has 0 fully saturated rings. The number of rotatable bonds is 6. The van der Waals surface area contributed by atoms with Crippen molar-refractivity contribution < 1.29 is 0 Å². The molecule has 0 aliphatic carbocycles. The second-order valence-electron chi connectivity index (χ2n) is 5.81. The quantitative estimate of drug-likeness (QED) is 0.856. The Morgan fingerprint density at radius 3 is 2.48 bits per heavy atom. The van der Waals surface area contributed by atoms with Crippen LogP contribution in [0.1, 0.15) is 30.3 Å². The van der Waals surface area contributed by atoms with Gasteiger partial charge in [-0.1, -0.05) is 29.8 Å². The van der Waals surface area contributed by atoms with Crippen molar-refractivity contribution in [1.29, 1.82) is 0 Å². The summed E-state index contributed by atoms with van der Waals surface area (Å²) in [6.07, 6.45) is 0.910. The van der Waals surface area contributed by atoms with Crippen LogP contribution < -0.4 is 5.73 Å². The second-order valence-corrected chi connectivity index (χ2v) is 7.22. The van der Waals surface area contributed by atoms with Crippen molar-refractivity contribution in [2.24, 2.45) is 5.73 Å². The smallest absolute Gasteiger partial charge is 0.0416 e. The maximum Gasteiger partial charge on any atom is 0.0416 e. The van der Waals surface area contributed by atoms with Gasteiger partial charge in [0.15, 0.2) is 0 Å². The second kappa shape index (κ2) is 6.93. The third kappa shape index (κ3) is 3.86. The first-order valence-electron chi connectivity index (χ1n) is 7.17. The number of halogens is 1. The van der Waals surface area contributed by atoms with Gasteiger partial charge in [0.1, 0.15) is 0 Å². The fraction of sp³-hybridized carbons (Fsp3) is 0.412. The van der Waals surface area contributed by atoms with Gasteiger partial charge in [-0.3, -0.25) is 4.90 Å². The van der Waals surface area contributed by atoms with Crippen molar-refractivity contribution >= 4 is 22.9 Å². The van der Waals surface area contributed by atoms with Crippen LogP contribution in [0.2, 0.25) is 5.02 Å². The van der Waals surface area contributed by atoms with Crippen LogP contribution in [0.25, 0.3) is 0 Å². The van der Waals surface area contributed by atoms with Gasteiger partial charge in [0.05, 0.1) is 0 Å². The Kier molecular flexibility index (Phi) is 5.44. The first kappa shape index (κ1) is 16.5. The van der Waals surface area contributed by atoms with Crippen molar-refractivity contribution in [2.45, 2.75) is 31.8 Å². The van der Waals surface area contributed by atoms with Gasteiger partial charge < -0.3 is 5.73 Å². The van der Waals surface area contributed by atoms with Crippen LogP contribution in [0, 0.1) is 0 Å². The van der Waals surface area contributed by atoms with Crippen LogP contribution in [-0.4, -0.2) is 24.0 Å². The van der Waals surface area contributed by atoms with Crippen molar-refractivity contribution in [2.75, 3.05) is 13.6 Å². The molecule has 2 N–H and O–H groups in total. The number of nitrogens with two attached hydrogens (primary N) is 1. The van der Waals surface area contributed by atoms with Gasteiger partial charge in [0, 0.05) is 28.0 Å². The predicted octanol–water partition coefficient (Wildman–Crippen LogP) is 4.35.